The molecule has 4 aromatic carbocycles. The van der Waals surface area contributed by atoms with Gasteiger partial charge in [0.2, 0.25) is 0 Å². The summed E-state index contributed by atoms with van der Waals surface area (Å²) in [7, 11) is 0. The van der Waals surface area contributed by atoms with Crippen LogP contribution in [0.2, 0.25) is 0 Å². The van der Waals surface area contributed by atoms with E-state index in [2.05, 4.69) is 108 Å². The number of aromatic nitrogens is 2. The Hall–Kier alpha value is -3.73. The molecule has 3 heterocycles. The van der Waals surface area contributed by atoms with Crippen LogP contribution >= 0.6 is 22.7 Å². The van der Waals surface area contributed by atoms with Gasteiger partial charge < -0.3 is 4.98 Å². The molecule has 7 rings (SSSR count). The summed E-state index contributed by atoms with van der Waals surface area (Å²) in [4.78, 5) is 9.98. The molecule has 0 fully saturated rings. The van der Waals surface area contributed by atoms with Gasteiger partial charge in [-0.2, -0.15) is 0 Å². The normalized spacial score (nSPS) is 11.6. The highest BCUT2D eigenvalue weighted by Gasteiger charge is 2.20. The molecular formula is C29H18N2S2. The van der Waals surface area contributed by atoms with E-state index in [0.717, 1.165) is 21.7 Å². The van der Waals surface area contributed by atoms with Gasteiger partial charge in [0.25, 0.3) is 0 Å². The van der Waals surface area contributed by atoms with Crippen molar-refractivity contribution in [1.29, 1.82) is 0 Å². The third-order valence-electron chi connectivity index (χ3n) is 6.08. The lowest BCUT2D eigenvalue weighted by Crippen LogP contribution is -1.89. The van der Waals surface area contributed by atoms with Gasteiger partial charge in [-0.1, -0.05) is 66.7 Å². The minimum Gasteiger partial charge on any atom is -0.355 e. The first-order chi connectivity index (χ1) is 16.3. The van der Waals surface area contributed by atoms with E-state index in [1.165, 1.54) is 41.7 Å². The van der Waals surface area contributed by atoms with Crippen molar-refractivity contribution >= 4 is 53.9 Å². The molecule has 0 radical (unpaired) electrons. The molecule has 0 bridgehead atoms. The largest absolute Gasteiger partial charge is 0.355 e. The second kappa shape index (κ2) is 7.41. The summed E-state index contributed by atoms with van der Waals surface area (Å²) in [6.07, 6.45) is 0. The number of H-pyrrole nitrogens is 1. The van der Waals surface area contributed by atoms with E-state index in [1.807, 2.05) is 11.3 Å². The molecule has 0 aliphatic heterocycles. The first kappa shape index (κ1) is 18.8. The lowest BCUT2D eigenvalue weighted by Gasteiger charge is -2.11. The van der Waals surface area contributed by atoms with Crippen LogP contribution in [-0.4, -0.2) is 9.97 Å². The number of thiophene rings is 1. The van der Waals surface area contributed by atoms with Crippen molar-refractivity contribution in [2.45, 2.75) is 0 Å². The second-order valence-corrected chi connectivity index (χ2v) is 10.2. The maximum atomic E-state index is 5.07. The van der Waals surface area contributed by atoms with Crippen LogP contribution in [0.15, 0.2) is 103 Å². The molecule has 156 valence electrons. The van der Waals surface area contributed by atoms with Gasteiger partial charge in [0.05, 0.1) is 10.2 Å². The number of aromatic amines is 1. The van der Waals surface area contributed by atoms with Gasteiger partial charge in [-0.25, -0.2) is 4.98 Å². The van der Waals surface area contributed by atoms with Crippen molar-refractivity contribution in [2.75, 3.05) is 0 Å². The highest BCUT2D eigenvalue weighted by Crippen LogP contribution is 2.45. The average Bonchev–Trinajstić information content (AvgIpc) is 3.59. The molecule has 0 aliphatic rings. The summed E-state index contributed by atoms with van der Waals surface area (Å²) >= 11 is 3.60. The number of nitrogens with one attached hydrogen (secondary N) is 1. The maximum absolute atomic E-state index is 5.07. The molecule has 0 unspecified atom stereocenters. The van der Waals surface area contributed by atoms with E-state index in [0.29, 0.717) is 0 Å². The molecule has 7 aromatic rings. The van der Waals surface area contributed by atoms with Crippen LogP contribution in [0.5, 0.6) is 0 Å². The first-order valence-electron chi connectivity index (χ1n) is 10.9. The Kier molecular flexibility index (Phi) is 4.22. The maximum Gasteiger partial charge on any atom is 0.125 e. The van der Waals surface area contributed by atoms with E-state index in [-0.39, 0.29) is 0 Å². The predicted molar refractivity (Wildman–Crippen MR) is 143 cm³/mol. The Labute approximate surface area is 198 Å². The topological polar surface area (TPSA) is 28.7 Å². The molecule has 1 N–H and O–H groups in total. The molecule has 0 atom stereocenters. The number of para-hydroxylation sites is 2. The summed E-state index contributed by atoms with van der Waals surface area (Å²) in [5.41, 5.74) is 6.91. The Morgan fingerprint density at radius 3 is 2.21 bits per heavy atom. The van der Waals surface area contributed by atoms with Gasteiger partial charge in [0.1, 0.15) is 5.01 Å². The van der Waals surface area contributed by atoms with Crippen LogP contribution in [0.1, 0.15) is 0 Å². The summed E-state index contributed by atoms with van der Waals surface area (Å²) in [5.74, 6) is 0. The number of nitrogens with zero attached hydrogens (tertiary/aromatic N) is 1. The number of hydrogen-bond donors (Lipinski definition) is 1. The molecule has 0 saturated carbocycles. The van der Waals surface area contributed by atoms with Crippen LogP contribution in [-0.2, 0) is 0 Å². The van der Waals surface area contributed by atoms with Gasteiger partial charge in [0.15, 0.2) is 0 Å². The molecular weight excluding hydrogens is 440 g/mol. The monoisotopic (exact) mass is 458 g/mol. The second-order valence-electron chi connectivity index (χ2n) is 8.13. The van der Waals surface area contributed by atoms with Crippen LogP contribution < -0.4 is 0 Å². The number of benzene rings is 4. The fourth-order valence-corrected chi connectivity index (χ4v) is 6.66. The fourth-order valence-electron chi connectivity index (χ4n) is 4.52. The molecule has 4 heteroatoms. The molecule has 0 amide bonds. The Morgan fingerprint density at radius 2 is 1.36 bits per heavy atom. The Morgan fingerprint density at radius 1 is 0.606 bits per heavy atom. The standard InChI is InChI=1S/C29H18N2S2/c1-3-12-22-18(8-1)16-24(30-22)20-10-7-11-21(27-17-19-9-2-5-14-25(19)32-27)28(20)29-31-23-13-4-6-15-26(23)33-29/h1-17,30H. The van der Waals surface area contributed by atoms with Crippen molar-refractivity contribution < 1.29 is 0 Å². The SMILES string of the molecule is c1cc(-c2cc3ccccc3[nH]2)c(-c2nc3ccccc3s2)c(-c2cc3ccccc3s2)c1. The van der Waals surface area contributed by atoms with E-state index in [9.17, 15) is 0 Å². The van der Waals surface area contributed by atoms with E-state index in [4.69, 9.17) is 4.98 Å². The van der Waals surface area contributed by atoms with E-state index >= 15 is 0 Å². The molecule has 3 aromatic heterocycles. The summed E-state index contributed by atoms with van der Waals surface area (Å²) < 4.78 is 2.51. The first-order valence-corrected chi connectivity index (χ1v) is 12.5. The van der Waals surface area contributed by atoms with Crippen LogP contribution in [0.25, 0.3) is 63.5 Å². The number of rotatable bonds is 3. The highest BCUT2D eigenvalue weighted by atomic mass is 32.1. The smallest absolute Gasteiger partial charge is 0.125 e. The lowest BCUT2D eigenvalue weighted by atomic mass is 9.97. The quantitative estimate of drug-likeness (QED) is 0.281. The Balaban J connectivity index is 1.54. The Bertz CT molecular complexity index is 1590. The highest BCUT2D eigenvalue weighted by molar-refractivity contribution is 7.23. The fraction of sp³-hybridized carbons (Fsp3) is 0. The summed E-state index contributed by atoms with van der Waals surface area (Å²) in [5, 5.41) is 3.55. The van der Waals surface area contributed by atoms with Crippen LogP contribution in [0.3, 0.4) is 0 Å². The molecule has 2 nitrogen and oxygen atoms in total. The molecule has 0 saturated heterocycles. The van der Waals surface area contributed by atoms with Crippen molar-refractivity contribution in [2.24, 2.45) is 0 Å². The average molecular weight is 459 g/mol. The third kappa shape index (κ3) is 3.10. The van der Waals surface area contributed by atoms with E-state index in [1.54, 1.807) is 11.3 Å². The molecule has 0 spiro atoms. The van der Waals surface area contributed by atoms with Crippen molar-refractivity contribution in [1.82, 2.24) is 9.97 Å². The van der Waals surface area contributed by atoms with Gasteiger partial charge >= 0.3 is 0 Å². The third-order valence-corrected chi connectivity index (χ3v) is 8.29. The number of fused-ring (bicyclic) bond motifs is 3. The van der Waals surface area contributed by atoms with Gasteiger partial charge in [0, 0.05) is 42.9 Å². The molecule has 0 aliphatic carbocycles. The van der Waals surface area contributed by atoms with E-state index < -0.39 is 0 Å². The van der Waals surface area contributed by atoms with Gasteiger partial charge in [-0.3, -0.25) is 0 Å². The zero-order valence-electron chi connectivity index (χ0n) is 17.6. The zero-order valence-corrected chi connectivity index (χ0v) is 19.2. The van der Waals surface area contributed by atoms with Crippen molar-refractivity contribution in [3.8, 4) is 32.3 Å². The molecule has 33 heavy (non-hydrogen) atoms. The van der Waals surface area contributed by atoms with Crippen LogP contribution in [0.4, 0.5) is 0 Å². The number of thiazole rings is 1. The predicted octanol–water partition coefficient (Wildman–Crippen LogP) is 8.99. The number of hydrogen-bond acceptors (Lipinski definition) is 3. The van der Waals surface area contributed by atoms with Gasteiger partial charge in [-0.05, 0) is 41.8 Å². The lowest BCUT2D eigenvalue weighted by molar-refractivity contribution is 1.43. The zero-order chi connectivity index (χ0) is 21.8. The minimum atomic E-state index is 1.05. The minimum absolute atomic E-state index is 1.05. The van der Waals surface area contributed by atoms with Crippen molar-refractivity contribution in [3.05, 3.63) is 103 Å². The van der Waals surface area contributed by atoms with Crippen molar-refractivity contribution in [3.63, 3.8) is 0 Å². The van der Waals surface area contributed by atoms with Crippen LogP contribution in [0, 0.1) is 0 Å². The summed E-state index contributed by atoms with van der Waals surface area (Å²) in [6.45, 7) is 0. The van der Waals surface area contributed by atoms with Gasteiger partial charge in [-0.15, -0.1) is 22.7 Å². The summed E-state index contributed by atoms with van der Waals surface area (Å²) in [6, 6.07) is 36.6.